The van der Waals surface area contributed by atoms with Crippen molar-refractivity contribution in [2.75, 3.05) is 5.32 Å². The fourth-order valence-corrected chi connectivity index (χ4v) is 5.35. The van der Waals surface area contributed by atoms with Crippen LogP contribution in [0.5, 0.6) is 0 Å². The number of thiazole rings is 1. The highest BCUT2D eigenvalue weighted by atomic mass is 32.2. The predicted molar refractivity (Wildman–Crippen MR) is 164 cm³/mol. The van der Waals surface area contributed by atoms with Gasteiger partial charge in [-0.25, -0.2) is 18.9 Å². The van der Waals surface area contributed by atoms with Crippen LogP contribution in [0, 0.1) is 0 Å². The van der Waals surface area contributed by atoms with E-state index >= 15 is 0 Å². The molecule has 0 aromatic carbocycles. The van der Waals surface area contributed by atoms with E-state index in [2.05, 4.69) is 20.8 Å². The summed E-state index contributed by atoms with van der Waals surface area (Å²) in [6.45, 7) is 12.2. The van der Waals surface area contributed by atoms with E-state index in [0.717, 1.165) is 15.9 Å². The minimum atomic E-state index is -5.07. The third-order valence-electron chi connectivity index (χ3n) is 5.81. The van der Waals surface area contributed by atoms with Gasteiger partial charge in [0.25, 0.3) is 17.4 Å². The maximum atomic E-state index is 13.6. The molecule has 0 bridgehead atoms. The van der Waals surface area contributed by atoms with Crippen molar-refractivity contribution in [3.05, 3.63) is 45.8 Å². The Balaban J connectivity index is 1.96. The number of esters is 1. The van der Waals surface area contributed by atoms with Crippen LogP contribution in [-0.4, -0.2) is 85.3 Å². The molecule has 0 aliphatic carbocycles. The molecule has 0 saturated carbocycles. The van der Waals surface area contributed by atoms with Crippen molar-refractivity contribution in [2.45, 2.75) is 90.8 Å². The monoisotopic (exact) mass is 684 g/mol. The summed E-state index contributed by atoms with van der Waals surface area (Å²) >= 11 is 0.887. The molecular formula is C27H36N6O11S2. The number of β-lactam (4-membered cyclic amide) rings is 1. The summed E-state index contributed by atoms with van der Waals surface area (Å²) in [7, 11) is -5.07. The summed E-state index contributed by atoms with van der Waals surface area (Å²) in [5, 5.41) is 9.93. The predicted octanol–water partition coefficient (Wildman–Crippen LogP) is 1.69. The normalized spacial score (nSPS) is 17.5. The van der Waals surface area contributed by atoms with Crippen molar-refractivity contribution in [1.29, 1.82) is 0 Å². The van der Waals surface area contributed by atoms with Crippen molar-refractivity contribution in [1.82, 2.24) is 19.2 Å². The number of carbonyl (C=O) groups excluding carboxylic acids is 4. The summed E-state index contributed by atoms with van der Waals surface area (Å²) in [6, 6.07) is 1.18. The molecule has 2 aromatic heterocycles. The number of hydrogen-bond donors (Lipinski definition) is 3. The number of pyridine rings is 1. The van der Waals surface area contributed by atoms with Crippen molar-refractivity contribution in [2.24, 2.45) is 5.16 Å². The highest BCUT2D eigenvalue weighted by molar-refractivity contribution is 7.84. The first-order valence-electron chi connectivity index (χ1n) is 13.7. The van der Waals surface area contributed by atoms with E-state index in [-0.39, 0.29) is 15.1 Å². The number of anilines is 1. The first kappa shape index (κ1) is 36.1. The fourth-order valence-electron chi connectivity index (χ4n) is 3.80. The van der Waals surface area contributed by atoms with Gasteiger partial charge in [-0.2, -0.15) is 8.42 Å². The van der Waals surface area contributed by atoms with Gasteiger partial charge >= 0.3 is 22.4 Å². The molecule has 2 aromatic rings. The Bertz CT molecular complexity index is 1700. The molecule has 1 saturated heterocycles. The topological polar surface area (TPSA) is 225 Å². The Labute approximate surface area is 268 Å². The lowest BCUT2D eigenvalue weighted by Crippen LogP contribution is -2.73. The van der Waals surface area contributed by atoms with Crippen LogP contribution >= 0.6 is 11.3 Å². The number of oxime groups is 1. The lowest BCUT2D eigenvalue weighted by Gasteiger charge is -2.44. The molecule has 1 fully saturated rings. The molecule has 1 aliphatic heterocycles. The average molecular weight is 685 g/mol. The largest absolute Gasteiger partial charge is 0.457 e. The van der Waals surface area contributed by atoms with Crippen LogP contribution in [0.3, 0.4) is 0 Å². The van der Waals surface area contributed by atoms with Crippen molar-refractivity contribution >= 4 is 56.4 Å². The minimum absolute atomic E-state index is 0.00486. The number of nitrogens with one attached hydrogen (secondary N) is 2. The van der Waals surface area contributed by atoms with Crippen LogP contribution in [0.15, 0.2) is 39.7 Å². The lowest BCUT2D eigenvalue weighted by molar-refractivity contribution is -0.179. The number of nitrogens with zero attached hydrogens (tertiary/aromatic N) is 4. The number of ether oxygens (including phenoxy) is 2. The zero-order valence-electron chi connectivity index (χ0n) is 26.4. The number of hydrogen-bond acceptors (Lipinski definition) is 13. The number of amides is 3. The summed E-state index contributed by atoms with van der Waals surface area (Å²) in [5.41, 5.74) is -4.68. The SMILES string of the molecule is CC(C)(C)OC(=O)Nc1nc(C(=NOC(C)(C)C(=O)OC(C)(C)C)C(=O)NC2C(=O)N(S(=O)(=O)O)C2Cn2ccccc2=O)cs1. The molecule has 46 heavy (non-hydrogen) atoms. The second kappa shape index (κ2) is 13.2. The van der Waals surface area contributed by atoms with Gasteiger partial charge in [0, 0.05) is 24.2 Å². The fraction of sp³-hybridized carbons (Fsp3) is 0.519. The van der Waals surface area contributed by atoms with E-state index in [4.69, 9.17) is 14.3 Å². The summed E-state index contributed by atoms with van der Waals surface area (Å²) in [6.07, 6.45) is 0.503. The minimum Gasteiger partial charge on any atom is -0.457 e. The molecule has 19 heteroatoms. The Morgan fingerprint density at radius 2 is 1.67 bits per heavy atom. The standard InChI is InChI=1S/C27H36N6O11S2/c1-25(2,3)42-22(37)27(7,8)44-31-18(15-14-45-23(28-15)30-24(38)43-26(4,5)6)20(35)29-19-16(33(21(19)36)46(39,40)41)13-32-12-10-9-11-17(32)34/h9-12,14,16,19H,13H2,1-8H3,(H,29,35)(H,28,30,38)(H,39,40,41). The van der Waals surface area contributed by atoms with Crippen LogP contribution < -0.4 is 16.2 Å². The van der Waals surface area contributed by atoms with Crippen LogP contribution in [0.2, 0.25) is 0 Å². The van der Waals surface area contributed by atoms with Crippen molar-refractivity contribution < 1.29 is 46.5 Å². The first-order valence-corrected chi connectivity index (χ1v) is 16.0. The van der Waals surface area contributed by atoms with Gasteiger partial charge in [-0.05, 0) is 61.5 Å². The molecule has 2 atom stereocenters. The van der Waals surface area contributed by atoms with E-state index in [1.807, 2.05) is 0 Å². The molecule has 3 heterocycles. The highest BCUT2D eigenvalue weighted by Crippen LogP contribution is 2.26. The smallest absolute Gasteiger partial charge is 0.413 e. The summed E-state index contributed by atoms with van der Waals surface area (Å²) < 4.78 is 45.4. The number of aromatic nitrogens is 2. The zero-order valence-corrected chi connectivity index (χ0v) is 28.0. The van der Waals surface area contributed by atoms with Crippen molar-refractivity contribution in [3.8, 4) is 0 Å². The maximum absolute atomic E-state index is 13.6. The van der Waals surface area contributed by atoms with Crippen LogP contribution in [0.1, 0.15) is 61.1 Å². The maximum Gasteiger partial charge on any atom is 0.413 e. The van der Waals surface area contributed by atoms with Gasteiger partial charge in [0.2, 0.25) is 5.60 Å². The number of rotatable bonds is 10. The second-order valence-electron chi connectivity index (χ2n) is 12.5. The van der Waals surface area contributed by atoms with Gasteiger partial charge in [0.15, 0.2) is 10.8 Å². The molecular weight excluding hydrogens is 648 g/mol. The highest BCUT2D eigenvalue weighted by Gasteiger charge is 2.54. The molecule has 3 rings (SSSR count). The van der Waals surface area contributed by atoms with Crippen LogP contribution in [0.4, 0.5) is 9.93 Å². The molecule has 2 unspecified atom stereocenters. The number of carbonyl (C=O) groups is 4. The molecule has 17 nitrogen and oxygen atoms in total. The summed E-state index contributed by atoms with van der Waals surface area (Å²) in [4.78, 5) is 73.3. The van der Waals surface area contributed by atoms with E-state index < -0.39 is 80.9 Å². The van der Waals surface area contributed by atoms with Crippen molar-refractivity contribution in [3.63, 3.8) is 0 Å². The Kier molecular flexibility index (Phi) is 10.3. The molecule has 0 spiro atoms. The van der Waals surface area contributed by atoms with Gasteiger partial charge < -0.3 is 24.2 Å². The molecule has 3 amide bonds. The average Bonchev–Trinajstić information content (AvgIpc) is 3.32. The van der Waals surface area contributed by atoms with Gasteiger partial charge in [-0.1, -0.05) is 11.2 Å². The first-order chi connectivity index (χ1) is 21.0. The van der Waals surface area contributed by atoms with Gasteiger partial charge in [-0.15, -0.1) is 11.3 Å². The zero-order chi connectivity index (χ0) is 34.8. The van der Waals surface area contributed by atoms with E-state index in [1.165, 1.54) is 43.6 Å². The Morgan fingerprint density at radius 3 is 2.24 bits per heavy atom. The van der Waals surface area contributed by atoms with E-state index in [1.54, 1.807) is 41.5 Å². The van der Waals surface area contributed by atoms with E-state index in [0.29, 0.717) is 0 Å². The van der Waals surface area contributed by atoms with E-state index in [9.17, 15) is 36.9 Å². The molecule has 1 aliphatic rings. The Morgan fingerprint density at radius 1 is 1.04 bits per heavy atom. The van der Waals surface area contributed by atoms with Crippen LogP contribution in [-0.2, 0) is 45.5 Å². The van der Waals surface area contributed by atoms with Gasteiger partial charge in [0.05, 0.1) is 6.04 Å². The lowest BCUT2D eigenvalue weighted by atomic mass is 9.98. The van der Waals surface area contributed by atoms with Gasteiger partial charge in [0.1, 0.15) is 22.9 Å². The third kappa shape index (κ3) is 9.33. The summed E-state index contributed by atoms with van der Waals surface area (Å²) in [5.74, 6) is -3.11. The second-order valence-corrected chi connectivity index (χ2v) is 14.7. The third-order valence-corrected chi connectivity index (χ3v) is 7.52. The molecule has 252 valence electrons. The molecule has 3 N–H and O–H groups in total. The Hall–Kier alpha value is -4.36. The van der Waals surface area contributed by atoms with Crippen LogP contribution in [0.25, 0.3) is 0 Å². The van der Waals surface area contributed by atoms with Gasteiger partial charge in [-0.3, -0.25) is 24.3 Å². The quantitative estimate of drug-likeness (QED) is 0.107. The molecule has 0 radical (unpaired) electrons.